The van der Waals surface area contributed by atoms with Gasteiger partial charge in [-0.05, 0) is 24.3 Å². The van der Waals surface area contributed by atoms with Crippen LogP contribution in [0.4, 0.5) is 10.5 Å². The molecule has 7 nitrogen and oxygen atoms in total. The standard InChI is InChI=1S/C16H17N3O4/c1-22-14-6-4-3-5-13(14)19-15(20)11-7-8-17-12(9-11)10-18-16(21)23-2/h3-9H,10H2,1-2H3,(H,18,21)(H,19,20). The number of hydrogen-bond acceptors (Lipinski definition) is 5. The number of ether oxygens (including phenoxy) is 2. The summed E-state index contributed by atoms with van der Waals surface area (Å²) in [6.07, 6.45) is 0.946. The normalized spacial score (nSPS) is 9.83. The van der Waals surface area contributed by atoms with E-state index in [4.69, 9.17) is 4.74 Å². The lowest BCUT2D eigenvalue weighted by molar-refractivity contribution is 0.102. The Labute approximate surface area is 133 Å². The lowest BCUT2D eigenvalue weighted by Crippen LogP contribution is -2.23. The van der Waals surface area contributed by atoms with E-state index in [1.54, 1.807) is 30.3 Å². The molecular weight excluding hydrogens is 298 g/mol. The fourth-order valence-electron chi connectivity index (χ4n) is 1.89. The number of anilines is 1. The third kappa shape index (κ3) is 4.44. The first kappa shape index (κ1) is 16.3. The van der Waals surface area contributed by atoms with Crippen LogP contribution in [0.15, 0.2) is 42.6 Å². The van der Waals surface area contributed by atoms with Gasteiger partial charge in [0.05, 0.1) is 32.1 Å². The Morgan fingerprint density at radius 1 is 1.17 bits per heavy atom. The minimum absolute atomic E-state index is 0.169. The van der Waals surface area contributed by atoms with Gasteiger partial charge < -0.3 is 20.1 Å². The van der Waals surface area contributed by atoms with Gasteiger partial charge >= 0.3 is 6.09 Å². The van der Waals surface area contributed by atoms with Crippen molar-refractivity contribution in [2.75, 3.05) is 19.5 Å². The van der Waals surface area contributed by atoms with Gasteiger partial charge in [0, 0.05) is 11.8 Å². The third-order valence-electron chi connectivity index (χ3n) is 3.03. The van der Waals surface area contributed by atoms with Crippen LogP contribution < -0.4 is 15.4 Å². The zero-order chi connectivity index (χ0) is 16.7. The number of nitrogens with zero attached hydrogens (tertiary/aromatic N) is 1. The minimum atomic E-state index is -0.560. The van der Waals surface area contributed by atoms with E-state index in [1.807, 2.05) is 6.07 Å². The Kier molecular flexibility index (Phi) is 5.51. The molecule has 0 unspecified atom stereocenters. The lowest BCUT2D eigenvalue weighted by atomic mass is 10.2. The highest BCUT2D eigenvalue weighted by atomic mass is 16.5. The van der Waals surface area contributed by atoms with Crippen LogP contribution in [0.25, 0.3) is 0 Å². The second-order valence-corrected chi connectivity index (χ2v) is 4.54. The predicted octanol–water partition coefficient (Wildman–Crippen LogP) is 2.20. The Balaban J connectivity index is 2.09. The second-order valence-electron chi connectivity index (χ2n) is 4.54. The maximum Gasteiger partial charge on any atom is 0.407 e. The zero-order valence-electron chi connectivity index (χ0n) is 12.8. The Morgan fingerprint density at radius 3 is 2.70 bits per heavy atom. The molecule has 0 spiro atoms. The van der Waals surface area contributed by atoms with Crippen LogP contribution in [0.3, 0.4) is 0 Å². The van der Waals surface area contributed by atoms with Crippen molar-refractivity contribution in [1.82, 2.24) is 10.3 Å². The van der Waals surface area contributed by atoms with Gasteiger partial charge in [-0.3, -0.25) is 9.78 Å². The molecule has 0 aliphatic rings. The molecule has 120 valence electrons. The number of rotatable bonds is 5. The summed E-state index contributed by atoms with van der Waals surface area (Å²) >= 11 is 0. The molecule has 1 heterocycles. The van der Waals surface area contributed by atoms with E-state index >= 15 is 0 Å². The van der Waals surface area contributed by atoms with E-state index in [1.165, 1.54) is 20.4 Å². The summed E-state index contributed by atoms with van der Waals surface area (Å²) in [5.41, 5.74) is 1.54. The van der Waals surface area contributed by atoms with Crippen molar-refractivity contribution in [3.8, 4) is 5.75 Å². The molecule has 0 saturated carbocycles. The van der Waals surface area contributed by atoms with Gasteiger partial charge in [-0.1, -0.05) is 12.1 Å². The second kappa shape index (κ2) is 7.79. The Hall–Kier alpha value is -3.09. The van der Waals surface area contributed by atoms with Gasteiger partial charge in [0.25, 0.3) is 5.91 Å². The number of nitrogens with one attached hydrogen (secondary N) is 2. The van der Waals surface area contributed by atoms with Crippen molar-refractivity contribution in [2.24, 2.45) is 0 Å². The largest absolute Gasteiger partial charge is 0.495 e. The van der Waals surface area contributed by atoms with Crippen LogP contribution in [0.2, 0.25) is 0 Å². The molecule has 0 aliphatic carbocycles. The number of para-hydroxylation sites is 2. The van der Waals surface area contributed by atoms with E-state index in [0.29, 0.717) is 22.7 Å². The molecule has 1 aromatic heterocycles. The number of carbonyl (C=O) groups is 2. The Morgan fingerprint density at radius 2 is 1.96 bits per heavy atom. The fourth-order valence-corrected chi connectivity index (χ4v) is 1.89. The first-order chi connectivity index (χ1) is 11.1. The highest BCUT2D eigenvalue weighted by Crippen LogP contribution is 2.23. The van der Waals surface area contributed by atoms with Crippen LogP contribution in [-0.4, -0.2) is 31.2 Å². The summed E-state index contributed by atoms with van der Waals surface area (Å²) in [5.74, 6) is 0.277. The molecule has 2 amide bonds. The van der Waals surface area contributed by atoms with E-state index in [9.17, 15) is 9.59 Å². The molecule has 0 radical (unpaired) electrons. The number of hydrogen-bond donors (Lipinski definition) is 2. The van der Waals surface area contributed by atoms with Gasteiger partial charge in [0.15, 0.2) is 0 Å². The van der Waals surface area contributed by atoms with Crippen LogP contribution in [-0.2, 0) is 11.3 Å². The summed E-state index contributed by atoms with van der Waals surface area (Å²) in [7, 11) is 2.81. The quantitative estimate of drug-likeness (QED) is 0.883. The predicted molar refractivity (Wildman–Crippen MR) is 84.4 cm³/mol. The van der Waals surface area contributed by atoms with Gasteiger partial charge in [0.2, 0.25) is 0 Å². The molecule has 0 aliphatic heterocycles. The van der Waals surface area contributed by atoms with Crippen molar-refractivity contribution in [3.05, 3.63) is 53.9 Å². The van der Waals surface area contributed by atoms with Gasteiger partial charge in [0.1, 0.15) is 5.75 Å². The third-order valence-corrected chi connectivity index (χ3v) is 3.03. The number of carbonyl (C=O) groups excluding carboxylic acids is 2. The van der Waals surface area contributed by atoms with Crippen molar-refractivity contribution in [3.63, 3.8) is 0 Å². The molecule has 2 aromatic rings. The summed E-state index contributed by atoms with van der Waals surface area (Å²) < 4.78 is 9.68. The maximum atomic E-state index is 12.3. The SMILES string of the molecule is COC(=O)NCc1cc(C(=O)Nc2ccccc2OC)ccn1. The number of aromatic nitrogens is 1. The van der Waals surface area contributed by atoms with Crippen LogP contribution in [0.5, 0.6) is 5.75 Å². The summed E-state index contributed by atoms with van der Waals surface area (Å²) in [4.78, 5) is 27.5. The first-order valence-corrected chi connectivity index (χ1v) is 6.85. The Bertz CT molecular complexity index is 703. The van der Waals surface area contributed by atoms with Gasteiger partial charge in [-0.25, -0.2) is 4.79 Å². The molecule has 2 rings (SSSR count). The highest BCUT2D eigenvalue weighted by Gasteiger charge is 2.10. The number of benzene rings is 1. The van der Waals surface area contributed by atoms with Crippen LogP contribution >= 0.6 is 0 Å². The highest BCUT2D eigenvalue weighted by molar-refractivity contribution is 6.05. The van der Waals surface area contributed by atoms with Gasteiger partial charge in [-0.2, -0.15) is 0 Å². The van der Waals surface area contributed by atoms with E-state index in [-0.39, 0.29) is 12.5 Å². The number of pyridine rings is 1. The molecule has 23 heavy (non-hydrogen) atoms. The van der Waals surface area contributed by atoms with Gasteiger partial charge in [-0.15, -0.1) is 0 Å². The lowest BCUT2D eigenvalue weighted by Gasteiger charge is -2.10. The van der Waals surface area contributed by atoms with Crippen molar-refractivity contribution in [1.29, 1.82) is 0 Å². The van der Waals surface area contributed by atoms with Crippen LogP contribution in [0, 0.1) is 0 Å². The van der Waals surface area contributed by atoms with E-state index in [0.717, 1.165) is 0 Å². The first-order valence-electron chi connectivity index (χ1n) is 6.85. The molecular formula is C16H17N3O4. The fraction of sp³-hybridized carbons (Fsp3) is 0.188. The van der Waals surface area contributed by atoms with Crippen molar-refractivity contribution < 1.29 is 19.1 Å². The minimum Gasteiger partial charge on any atom is -0.495 e. The van der Waals surface area contributed by atoms with Crippen molar-refractivity contribution in [2.45, 2.75) is 6.54 Å². The summed E-state index contributed by atoms with van der Waals surface area (Å²) in [5, 5.41) is 5.28. The topological polar surface area (TPSA) is 89.5 Å². The van der Waals surface area contributed by atoms with E-state index in [2.05, 4.69) is 20.4 Å². The maximum absolute atomic E-state index is 12.3. The smallest absolute Gasteiger partial charge is 0.407 e. The number of amides is 2. The monoisotopic (exact) mass is 315 g/mol. The zero-order valence-corrected chi connectivity index (χ0v) is 12.8. The summed E-state index contributed by atoms with van der Waals surface area (Å²) in [6.45, 7) is 0.169. The molecule has 0 atom stereocenters. The molecule has 0 saturated heterocycles. The molecule has 0 fully saturated rings. The average Bonchev–Trinajstić information content (AvgIpc) is 2.60. The van der Waals surface area contributed by atoms with Crippen molar-refractivity contribution >= 4 is 17.7 Å². The summed E-state index contributed by atoms with van der Waals surface area (Å²) in [6, 6.07) is 10.3. The number of methoxy groups -OCH3 is 2. The molecule has 1 aromatic carbocycles. The number of alkyl carbamates (subject to hydrolysis) is 1. The molecule has 0 bridgehead atoms. The van der Waals surface area contributed by atoms with Crippen LogP contribution in [0.1, 0.15) is 16.1 Å². The average molecular weight is 315 g/mol. The molecule has 7 heteroatoms. The molecule has 2 N–H and O–H groups in total. The van der Waals surface area contributed by atoms with E-state index < -0.39 is 6.09 Å².